The Bertz CT molecular complexity index is 815. The van der Waals surface area contributed by atoms with Crippen LogP contribution in [0.2, 0.25) is 0 Å². The van der Waals surface area contributed by atoms with E-state index in [0.717, 1.165) is 29.7 Å². The summed E-state index contributed by atoms with van der Waals surface area (Å²) in [5, 5.41) is 2.92. The molecule has 2 heterocycles. The van der Waals surface area contributed by atoms with Crippen molar-refractivity contribution in [3.63, 3.8) is 0 Å². The number of nitrogens with zero attached hydrogens (tertiary/aromatic N) is 1. The lowest BCUT2D eigenvalue weighted by Crippen LogP contribution is -2.31. The van der Waals surface area contributed by atoms with Gasteiger partial charge in [-0.2, -0.15) is 0 Å². The van der Waals surface area contributed by atoms with Gasteiger partial charge in [-0.05, 0) is 67.7 Å². The van der Waals surface area contributed by atoms with E-state index in [1.165, 1.54) is 25.7 Å². The lowest BCUT2D eigenvalue weighted by molar-refractivity contribution is 0.0948. The second-order valence-corrected chi connectivity index (χ2v) is 7.33. The molecule has 5 heteroatoms. The van der Waals surface area contributed by atoms with E-state index in [1.54, 1.807) is 24.5 Å². The highest BCUT2D eigenvalue weighted by Crippen LogP contribution is 2.49. The SMILES string of the molecule is O=C(NCCC1CC2CCC1C2)c1ccc(-c2ccncc2)[nH]c1=O. The zero-order chi connectivity index (χ0) is 17.2. The monoisotopic (exact) mass is 337 g/mol. The predicted octanol–water partition coefficient (Wildman–Crippen LogP) is 2.99. The Morgan fingerprint density at radius 3 is 2.68 bits per heavy atom. The summed E-state index contributed by atoms with van der Waals surface area (Å²) in [6.07, 6.45) is 9.83. The third-order valence-electron chi connectivity index (χ3n) is 5.83. The van der Waals surface area contributed by atoms with Gasteiger partial charge in [0.1, 0.15) is 5.56 Å². The molecule has 130 valence electrons. The summed E-state index contributed by atoms with van der Waals surface area (Å²) in [6, 6.07) is 7.00. The minimum Gasteiger partial charge on any atom is -0.352 e. The van der Waals surface area contributed by atoms with Gasteiger partial charge in [-0.1, -0.05) is 6.42 Å². The van der Waals surface area contributed by atoms with E-state index >= 15 is 0 Å². The van der Waals surface area contributed by atoms with Crippen molar-refractivity contribution in [3.05, 3.63) is 52.6 Å². The van der Waals surface area contributed by atoms with Crippen LogP contribution < -0.4 is 10.9 Å². The quantitative estimate of drug-likeness (QED) is 0.881. The van der Waals surface area contributed by atoms with E-state index in [9.17, 15) is 9.59 Å². The van der Waals surface area contributed by atoms with E-state index < -0.39 is 0 Å². The van der Waals surface area contributed by atoms with Crippen molar-refractivity contribution < 1.29 is 4.79 Å². The maximum Gasteiger partial charge on any atom is 0.261 e. The van der Waals surface area contributed by atoms with Gasteiger partial charge in [-0.25, -0.2) is 0 Å². The Kier molecular flexibility index (Phi) is 4.38. The lowest BCUT2D eigenvalue weighted by Gasteiger charge is -2.21. The molecular weight excluding hydrogens is 314 g/mol. The maximum atomic E-state index is 12.3. The number of carbonyl (C=O) groups excluding carboxylic acids is 1. The molecule has 2 saturated carbocycles. The van der Waals surface area contributed by atoms with E-state index in [0.29, 0.717) is 12.2 Å². The average molecular weight is 337 g/mol. The van der Waals surface area contributed by atoms with Gasteiger partial charge in [-0.15, -0.1) is 0 Å². The molecule has 2 aliphatic rings. The molecular formula is C20H23N3O2. The molecule has 0 aliphatic heterocycles. The number of rotatable bonds is 5. The minimum atomic E-state index is -0.355. The number of fused-ring (bicyclic) bond motifs is 2. The molecule has 0 spiro atoms. The largest absolute Gasteiger partial charge is 0.352 e. The Balaban J connectivity index is 1.36. The van der Waals surface area contributed by atoms with Crippen LogP contribution in [-0.4, -0.2) is 22.4 Å². The summed E-state index contributed by atoms with van der Waals surface area (Å²) < 4.78 is 0. The predicted molar refractivity (Wildman–Crippen MR) is 96.2 cm³/mol. The smallest absolute Gasteiger partial charge is 0.261 e. The van der Waals surface area contributed by atoms with Gasteiger partial charge in [0.25, 0.3) is 11.5 Å². The third kappa shape index (κ3) is 3.36. The molecule has 2 aromatic heterocycles. The van der Waals surface area contributed by atoms with E-state index in [-0.39, 0.29) is 17.0 Å². The van der Waals surface area contributed by atoms with E-state index in [4.69, 9.17) is 0 Å². The number of nitrogens with one attached hydrogen (secondary N) is 2. The molecule has 0 saturated heterocycles. The Morgan fingerprint density at radius 2 is 2.00 bits per heavy atom. The van der Waals surface area contributed by atoms with Gasteiger partial charge < -0.3 is 10.3 Å². The van der Waals surface area contributed by atoms with Crippen molar-refractivity contribution in [2.45, 2.75) is 32.1 Å². The third-order valence-corrected chi connectivity index (χ3v) is 5.83. The molecule has 1 amide bonds. The molecule has 2 fully saturated rings. The number of amides is 1. The minimum absolute atomic E-state index is 0.172. The van der Waals surface area contributed by atoms with Crippen LogP contribution in [0.1, 0.15) is 42.5 Å². The first kappa shape index (κ1) is 16.1. The van der Waals surface area contributed by atoms with Gasteiger partial charge in [0, 0.05) is 30.2 Å². The summed E-state index contributed by atoms with van der Waals surface area (Å²) in [7, 11) is 0. The van der Waals surface area contributed by atoms with Gasteiger partial charge in [0.15, 0.2) is 0 Å². The highest BCUT2D eigenvalue weighted by atomic mass is 16.2. The maximum absolute atomic E-state index is 12.3. The van der Waals surface area contributed by atoms with Crippen molar-refractivity contribution in [2.75, 3.05) is 6.54 Å². The van der Waals surface area contributed by atoms with Crippen LogP contribution in [0.25, 0.3) is 11.3 Å². The highest BCUT2D eigenvalue weighted by Gasteiger charge is 2.38. The lowest BCUT2D eigenvalue weighted by atomic mass is 9.86. The number of pyridine rings is 2. The fourth-order valence-corrected chi connectivity index (χ4v) is 4.55. The highest BCUT2D eigenvalue weighted by molar-refractivity contribution is 5.94. The molecule has 2 bridgehead atoms. The molecule has 3 unspecified atom stereocenters. The van der Waals surface area contributed by atoms with E-state index in [2.05, 4.69) is 15.3 Å². The normalized spacial score (nSPS) is 24.4. The second-order valence-electron chi connectivity index (χ2n) is 7.33. The van der Waals surface area contributed by atoms with Crippen LogP contribution in [0, 0.1) is 17.8 Å². The molecule has 0 aromatic carbocycles. The van der Waals surface area contributed by atoms with Crippen LogP contribution >= 0.6 is 0 Å². The summed E-state index contributed by atoms with van der Waals surface area (Å²) in [4.78, 5) is 31.3. The van der Waals surface area contributed by atoms with E-state index in [1.807, 2.05) is 12.1 Å². The van der Waals surface area contributed by atoms with Crippen molar-refractivity contribution in [2.24, 2.45) is 17.8 Å². The standard InChI is InChI=1S/C20H23N3O2/c24-19(22-10-7-16-12-13-1-2-15(16)11-13)17-3-4-18(23-20(17)25)14-5-8-21-9-6-14/h3-6,8-9,13,15-16H,1-2,7,10-12H2,(H,22,24)(H,23,25). The first-order chi connectivity index (χ1) is 12.2. The van der Waals surface area contributed by atoms with Gasteiger partial charge in [0.2, 0.25) is 0 Å². The first-order valence-corrected chi connectivity index (χ1v) is 9.12. The molecule has 2 aromatic rings. The fraction of sp³-hybridized carbons (Fsp3) is 0.450. The van der Waals surface area contributed by atoms with Crippen molar-refractivity contribution >= 4 is 5.91 Å². The van der Waals surface area contributed by atoms with Gasteiger partial charge in [0.05, 0.1) is 0 Å². The Labute approximate surface area is 146 Å². The van der Waals surface area contributed by atoms with Crippen molar-refractivity contribution in [1.82, 2.24) is 15.3 Å². The molecule has 5 nitrogen and oxygen atoms in total. The van der Waals surface area contributed by atoms with Crippen LogP contribution in [0.15, 0.2) is 41.5 Å². The molecule has 2 aliphatic carbocycles. The number of hydrogen-bond acceptors (Lipinski definition) is 3. The molecule has 3 atom stereocenters. The number of aromatic nitrogens is 2. The van der Waals surface area contributed by atoms with Crippen LogP contribution in [-0.2, 0) is 0 Å². The number of hydrogen-bond donors (Lipinski definition) is 2. The summed E-state index contributed by atoms with van der Waals surface area (Å²) in [6.45, 7) is 0.651. The van der Waals surface area contributed by atoms with Gasteiger partial charge >= 0.3 is 0 Å². The first-order valence-electron chi connectivity index (χ1n) is 9.12. The Hall–Kier alpha value is -2.43. The molecule has 0 radical (unpaired) electrons. The zero-order valence-corrected chi connectivity index (χ0v) is 14.2. The van der Waals surface area contributed by atoms with Crippen LogP contribution in [0.4, 0.5) is 0 Å². The van der Waals surface area contributed by atoms with Crippen molar-refractivity contribution in [3.8, 4) is 11.3 Å². The van der Waals surface area contributed by atoms with Crippen LogP contribution in [0.3, 0.4) is 0 Å². The van der Waals surface area contributed by atoms with Gasteiger partial charge in [-0.3, -0.25) is 14.6 Å². The summed E-state index contributed by atoms with van der Waals surface area (Å²) in [5.41, 5.74) is 1.37. The fourth-order valence-electron chi connectivity index (χ4n) is 4.55. The average Bonchev–Trinajstić information content (AvgIpc) is 3.25. The second kappa shape index (κ2) is 6.82. The number of H-pyrrole nitrogens is 1. The topological polar surface area (TPSA) is 74.8 Å². The number of carbonyl (C=O) groups is 1. The number of aromatic amines is 1. The summed E-state index contributed by atoms with van der Waals surface area (Å²) in [5.74, 6) is 2.26. The molecule has 2 N–H and O–H groups in total. The van der Waals surface area contributed by atoms with Crippen molar-refractivity contribution in [1.29, 1.82) is 0 Å². The summed E-state index contributed by atoms with van der Waals surface area (Å²) >= 11 is 0. The molecule has 4 rings (SSSR count). The molecule has 25 heavy (non-hydrogen) atoms. The van der Waals surface area contributed by atoms with Crippen LogP contribution in [0.5, 0.6) is 0 Å². The Morgan fingerprint density at radius 1 is 1.16 bits per heavy atom. The zero-order valence-electron chi connectivity index (χ0n) is 14.2.